The highest BCUT2D eigenvalue weighted by Crippen LogP contribution is 2.19. The van der Waals surface area contributed by atoms with Crippen molar-refractivity contribution in [2.24, 2.45) is 0 Å². The topological polar surface area (TPSA) is 76.9 Å². The summed E-state index contributed by atoms with van der Waals surface area (Å²) in [5, 5.41) is 12.7. The van der Waals surface area contributed by atoms with Crippen molar-refractivity contribution in [1.29, 1.82) is 0 Å². The van der Waals surface area contributed by atoms with E-state index in [1.165, 1.54) is 11.3 Å². The third kappa shape index (κ3) is 3.46. The molecule has 0 saturated carbocycles. The molecule has 3 aromatic rings. The number of pyridine rings is 1. The van der Waals surface area contributed by atoms with Crippen LogP contribution in [0.2, 0.25) is 0 Å². The van der Waals surface area contributed by atoms with Crippen molar-refractivity contribution in [3.63, 3.8) is 0 Å². The van der Waals surface area contributed by atoms with Gasteiger partial charge < -0.3 is 4.57 Å². The van der Waals surface area contributed by atoms with Gasteiger partial charge in [-0.25, -0.2) is 0 Å². The Kier molecular flexibility index (Phi) is 4.94. The van der Waals surface area contributed by atoms with Gasteiger partial charge in [0.15, 0.2) is 5.43 Å². The minimum Gasteiger partial charge on any atom is -0.345 e. The van der Waals surface area contributed by atoms with Crippen LogP contribution < -0.4 is 10.7 Å². The van der Waals surface area contributed by atoms with E-state index in [4.69, 9.17) is 0 Å². The standard InChI is InChI=1S/C18H20N4O2S/c1-4-6-16-20-21-18(25-16)19-17(24)12-7-8-14-13(10-12)15(23)9-11(3)22(14)5-2/h7-10H,4-6H2,1-3H3,(H,19,21,24). The van der Waals surface area contributed by atoms with Crippen molar-refractivity contribution < 1.29 is 4.79 Å². The number of nitrogens with one attached hydrogen (secondary N) is 1. The SMILES string of the molecule is CCCc1nnc(NC(=O)c2ccc3c(c2)c(=O)cc(C)n3CC)s1. The molecule has 130 valence electrons. The maximum Gasteiger partial charge on any atom is 0.257 e. The highest BCUT2D eigenvalue weighted by molar-refractivity contribution is 7.15. The highest BCUT2D eigenvalue weighted by Gasteiger charge is 2.13. The predicted octanol–water partition coefficient (Wildman–Crippen LogP) is 3.39. The molecule has 0 saturated heterocycles. The van der Waals surface area contributed by atoms with E-state index in [9.17, 15) is 9.59 Å². The van der Waals surface area contributed by atoms with Gasteiger partial charge in [-0.2, -0.15) is 0 Å². The van der Waals surface area contributed by atoms with Crippen molar-refractivity contribution in [3.05, 3.63) is 50.8 Å². The van der Waals surface area contributed by atoms with E-state index in [2.05, 4.69) is 27.0 Å². The zero-order valence-electron chi connectivity index (χ0n) is 14.5. The number of hydrogen-bond donors (Lipinski definition) is 1. The van der Waals surface area contributed by atoms with Gasteiger partial charge in [0.25, 0.3) is 5.91 Å². The molecule has 0 unspecified atom stereocenters. The summed E-state index contributed by atoms with van der Waals surface area (Å²) in [4.78, 5) is 24.8. The summed E-state index contributed by atoms with van der Waals surface area (Å²) in [6.45, 7) is 6.77. The Labute approximate surface area is 149 Å². The van der Waals surface area contributed by atoms with Crippen LogP contribution in [0.1, 0.15) is 41.3 Å². The number of carbonyl (C=O) groups is 1. The maximum absolute atomic E-state index is 12.5. The van der Waals surface area contributed by atoms with Crippen LogP contribution in [0.4, 0.5) is 5.13 Å². The van der Waals surface area contributed by atoms with Crippen molar-refractivity contribution in [2.45, 2.75) is 40.2 Å². The number of aromatic nitrogens is 3. The minimum absolute atomic E-state index is 0.0759. The zero-order chi connectivity index (χ0) is 18.0. The number of amides is 1. The predicted molar refractivity (Wildman–Crippen MR) is 100 cm³/mol. The molecule has 2 aromatic heterocycles. The number of aryl methyl sites for hydroxylation is 3. The Morgan fingerprint density at radius 2 is 2.04 bits per heavy atom. The first-order valence-electron chi connectivity index (χ1n) is 8.31. The van der Waals surface area contributed by atoms with Gasteiger partial charge in [0, 0.05) is 35.7 Å². The molecule has 2 heterocycles. The third-order valence-electron chi connectivity index (χ3n) is 4.05. The van der Waals surface area contributed by atoms with E-state index >= 15 is 0 Å². The second-order valence-corrected chi connectivity index (χ2v) is 6.89. The van der Waals surface area contributed by atoms with Crippen LogP contribution in [0.15, 0.2) is 29.1 Å². The lowest BCUT2D eigenvalue weighted by molar-refractivity contribution is 0.102. The van der Waals surface area contributed by atoms with Crippen LogP contribution >= 0.6 is 11.3 Å². The summed E-state index contributed by atoms with van der Waals surface area (Å²) in [5.74, 6) is -0.288. The molecule has 1 N–H and O–H groups in total. The van der Waals surface area contributed by atoms with Crippen LogP contribution in [-0.2, 0) is 13.0 Å². The summed E-state index contributed by atoms with van der Waals surface area (Å²) in [5.41, 5.74) is 2.11. The summed E-state index contributed by atoms with van der Waals surface area (Å²) in [6, 6.07) is 6.81. The molecule has 0 spiro atoms. The first-order chi connectivity index (χ1) is 12.0. The van der Waals surface area contributed by atoms with E-state index in [0.717, 1.165) is 35.6 Å². The summed E-state index contributed by atoms with van der Waals surface area (Å²) in [6.07, 6.45) is 1.83. The lowest BCUT2D eigenvalue weighted by atomic mass is 10.1. The van der Waals surface area contributed by atoms with Gasteiger partial charge in [0.05, 0.1) is 5.52 Å². The van der Waals surface area contributed by atoms with E-state index in [1.54, 1.807) is 18.2 Å². The van der Waals surface area contributed by atoms with Crippen molar-refractivity contribution in [2.75, 3.05) is 5.32 Å². The average Bonchev–Trinajstić information content (AvgIpc) is 3.02. The lowest BCUT2D eigenvalue weighted by Crippen LogP contribution is -2.15. The monoisotopic (exact) mass is 356 g/mol. The second-order valence-electron chi connectivity index (χ2n) is 5.83. The molecule has 25 heavy (non-hydrogen) atoms. The Hall–Kier alpha value is -2.54. The molecule has 1 aromatic carbocycles. The lowest BCUT2D eigenvalue weighted by Gasteiger charge is -2.12. The van der Waals surface area contributed by atoms with Crippen LogP contribution in [0.5, 0.6) is 0 Å². The Bertz CT molecular complexity index is 990. The Balaban J connectivity index is 1.93. The molecular formula is C18H20N4O2S. The zero-order valence-corrected chi connectivity index (χ0v) is 15.3. The van der Waals surface area contributed by atoms with Crippen molar-refractivity contribution in [3.8, 4) is 0 Å². The number of anilines is 1. The van der Waals surface area contributed by atoms with Gasteiger partial charge in [0.2, 0.25) is 5.13 Å². The van der Waals surface area contributed by atoms with Crippen molar-refractivity contribution in [1.82, 2.24) is 14.8 Å². The fraction of sp³-hybridized carbons (Fsp3) is 0.333. The van der Waals surface area contributed by atoms with Gasteiger partial charge in [-0.05, 0) is 38.5 Å². The molecule has 0 aliphatic carbocycles. The normalized spacial score (nSPS) is 11.0. The van der Waals surface area contributed by atoms with E-state index in [-0.39, 0.29) is 11.3 Å². The van der Waals surface area contributed by atoms with E-state index < -0.39 is 0 Å². The second kappa shape index (κ2) is 7.14. The molecule has 6 nitrogen and oxygen atoms in total. The molecule has 0 fully saturated rings. The quantitative estimate of drug-likeness (QED) is 0.760. The fourth-order valence-electron chi connectivity index (χ4n) is 2.85. The smallest absolute Gasteiger partial charge is 0.257 e. The van der Waals surface area contributed by atoms with Gasteiger partial charge >= 0.3 is 0 Å². The number of carbonyl (C=O) groups excluding carboxylic acids is 1. The van der Waals surface area contributed by atoms with E-state index in [0.29, 0.717) is 16.1 Å². The molecular weight excluding hydrogens is 336 g/mol. The average molecular weight is 356 g/mol. The van der Waals surface area contributed by atoms with Gasteiger partial charge in [-0.1, -0.05) is 18.3 Å². The number of nitrogens with zero attached hydrogens (tertiary/aromatic N) is 3. The Morgan fingerprint density at radius 3 is 2.76 bits per heavy atom. The molecule has 0 aliphatic rings. The van der Waals surface area contributed by atoms with Crippen LogP contribution in [-0.4, -0.2) is 20.7 Å². The molecule has 0 radical (unpaired) electrons. The minimum atomic E-state index is -0.288. The molecule has 7 heteroatoms. The van der Waals surface area contributed by atoms with Crippen LogP contribution in [0.25, 0.3) is 10.9 Å². The maximum atomic E-state index is 12.5. The van der Waals surface area contributed by atoms with Gasteiger partial charge in [-0.3, -0.25) is 14.9 Å². The molecule has 0 aliphatic heterocycles. The molecule has 0 atom stereocenters. The summed E-state index contributed by atoms with van der Waals surface area (Å²) >= 11 is 1.38. The highest BCUT2D eigenvalue weighted by atomic mass is 32.1. The molecule has 3 rings (SSSR count). The van der Waals surface area contributed by atoms with Crippen molar-refractivity contribution >= 4 is 33.3 Å². The van der Waals surface area contributed by atoms with Gasteiger partial charge in [-0.15, -0.1) is 10.2 Å². The fourth-order valence-corrected chi connectivity index (χ4v) is 3.69. The van der Waals surface area contributed by atoms with E-state index in [1.807, 2.05) is 19.9 Å². The largest absolute Gasteiger partial charge is 0.345 e. The van der Waals surface area contributed by atoms with Gasteiger partial charge in [0.1, 0.15) is 5.01 Å². The number of rotatable bonds is 5. The summed E-state index contributed by atoms with van der Waals surface area (Å²) < 4.78 is 2.06. The molecule has 1 amide bonds. The third-order valence-corrected chi connectivity index (χ3v) is 4.95. The van der Waals surface area contributed by atoms with Crippen LogP contribution in [0, 0.1) is 6.92 Å². The number of hydrogen-bond acceptors (Lipinski definition) is 5. The van der Waals surface area contributed by atoms with Crippen LogP contribution in [0.3, 0.4) is 0 Å². The number of fused-ring (bicyclic) bond motifs is 1. The first-order valence-corrected chi connectivity index (χ1v) is 9.13. The Morgan fingerprint density at radius 1 is 1.24 bits per heavy atom. The summed E-state index contributed by atoms with van der Waals surface area (Å²) in [7, 11) is 0. The molecule has 0 bridgehead atoms. The first kappa shape index (κ1) is 17.3. The number of benzene rings is 1.